The van der Waals surface area contributed by atoms with Gasteiger partial charge in [0.25, 0.3) is 0 Å². The number of Topliss-reactive ketones (excluding diaryl/α,β-unsaturated/α-hetero) is 1. The largest absolute Gasteiger partial charge is 0.454 e. The van der Waals surface area contributed by atoms with Crippen LogP contribution in [0.4, 0.5) is 5.69 Å². The van der Waals surface area contributed by atoms with Crippen molar-refractivity contribution in [1.29, 1.82) is 0 Å². The summed E-state index contributed by atoms with van der Waals surface area (Å²) in [5, 5.41) is 6.35. The Morgan fingerprint density at radius 3 is 2.30 bits per heavy atom. The lowest BCUT2D eigenvalue weighted by molar-refractivity contribution is 0.0475. The van der Waals surface area contributed by atoms with Crippen molar-refractivity contribution < 1.29 is 14.3 Å². The fourth-order valence-electron chi connectivity index (χ4n) is 2.97. The van der Waals surface area contributed by atoms with Crippen LogP contribution in [0, 0.1) is 0 Å². The maximum Gasteiger partial charge on any atom is 0.338 e. The Bertz CT molecular complexity index is 839. The topological polar surface area (TPSA) is 59.0 Å². The highest BCUT2D eigenvalue weighted by atomic mass is 16.5. The summed E-state index contributed by atoms with van der Waals surface area (Å²) in [5.74, 6) is -0.705. The molecule has 0 N–H and O–H groups in total. The fraction of sp³-hybridized carbons (Fsp3) is 0.318. The van der Waals surface area contributed by atoms with Gasteiger partial charge in [0.15, 0.2) is 12.4 Å². The first-order valence-electron chi connectivity index (χ1n) is 9.27. The lowest BCUT2D eigenvalue weighted by Crippen LogP contribution is -2.15. The first-order chi connectivity index (χ1) is 13.1. The molecule has 0 atom stereocenters. The third kappa shape index (κ3) is 4.82. The summed E-state index contributed by atoms with van der Waals surface area (Å²) in [7, 11) is 0. The molecule has 0 aliphatic carbocycles. The van der Waals surface area contributed by atoms with Crippen molar-refractivity contribution in [2.45, 2.75) is 33.1 Å². The second kappa shape index (κ2) is 8.62. The Morgan fingerprint density at radius 2 is 1.70 bits per heavy atom. The van der Waals surface area contributed by atoms with Crippen LogP contribution < -0.4 is 5.01 Å². The number of carbonyl (C=O) groups is 2. The first-order valence-corrected chi connectivity index (χ1v) is 9.27. The van der Waals surface area contributed by atoms with E-state index in [0.29, 0.717) is 11.1 Å². The standard InChI is InChI=1S/C22H24N2O3/c1-3-4-17-5-7-18(8-6-17)21(25)15-27-22(26)19-9-11-20(12-10-19)24-14-13-16(2)23-24/h5-12H,3-4,13-15H2,1-2H3. The Balaban J connectivity index is 1.54. The SMILES string of the molecule is CCCc1ccc(C(=O)COC(=O)c2ccc(N3CCC(C)=N3)cc2)cc1. The van der Waals surface area contributed by atoms with Crippen LogP contribution in [0.1, 0.15) is 53.0 Å². The van der Waals surface area contributed by atoms with Gasteiger partial charge in [-0.25, -0.2) is 4.79 Å². The minimum atomic E-state index is -0.501. The average Bonchev–Trinajstić information content (AvgIpc) is 3.13. The van der Waals surface area contributed by atoms with Gasteiger partial charge in [0.05, 0.1) is 11.3 Å². The molecule has 0 saturated heterocycles. The van der Waals surface area contributed by atoms with E-state index in [1.807, 2.05) is 36.2 Å². The average molecular weight is 364 g/mol. The number of hydrogen-bond donors (Lipinski definition) is 0. The first kappa shape index (κ1) is 18.8. The molecule has 0 fully saturated rings. The Hall–Kier alpha value is -2.95. The van der Waals surface area contributed by atoms with Gasteiger partial charge >= 0.3 is 5.97 Å². The molecule has 0 unspecified atom stereocenters. The zero-order chi connectivity index (χ0) is 19.2. The van der Waals surface area contributed by atoms with Crippen LogP contribution in [0.2, 0.25) is 0 Å². The molecule has 1 aliphatic heterocycles. The molecule has 1 aliphatic rings. The van der Waals surface area contributed by atoms with Crippen LogP contribution in [-0.4, -0.2) is 30.6 Å². The van der Waals surface area contributed by atoms with Crippen LogP contribution in [0.3, 0.4) is 0 Å². The van der Waals surface area contributed by atoms with Gasteiger partial charge < -0.3 is 4.74 Å². The highest BCUT2D eigenvalue weighted by Crippen LogP contribution is 2.20. The Morgan fingerprint density at radius 1 is 1.04 bits per heavy atom. The van der Waals surface area contributed by atoms with Gasteiger partial charge in [0.1, 0.15) is 0 Å². The lowest BCUT2D eigenvalue weighted by Gasteiger charge is -2.13. The van der Waals surface area contributed by atoms with E-state index >= 15 is 0 Å². The number of nitrogens with zero attached hydrogens (tertiary/aromatic N) is 2. The molecule has 0 spiro atoms. The van der Waals surface area contributed by atoms with Crippen molar-refractivity contribution in [3.8, 4) is 0 Å². The van der Waals surface area contributed by atoms with Crippen molar-refractivity contribution in [3.05, 3.63) is 65.2 Å². The number of aryl methyl sites for hydroxylation is 1. The smallest absolute Gasteiger partial charge is 0.338 e. The second-order valence-corrected chi connectivity index (χ2v) is 6.70. The van der Waals surface area contributed by atoms with E-state index in [1.54, 1.807) is 24.3 Å². The maximum atomic E-state index is 12.2. The van der Waals surface area contributed by atoms with E-state index in [2.05, 4.69) is 12.0 Å². The van der Waals surface area contributed by atoms with E-state index < -0.39 is 5.97 Å². The van der Waals surface area contributed by atoms with E-state index in [0.717, 1.165) is 37.2 Å². The van der Waals surface area contributed by atoms with Crippen molar-refractivity contribution in [3.63, 3.8) is 0 Å². The monoisotopic (exact) mass is 364 g/mol. The number of hydrazone groups is 1. The fourth-order valence-corrected chi connectivity index (χ4v) is 2.97. The summed E-state index contributed by atoms with van der Waals surface area (Å²) in [6.07, 6.45) is 3.00. The summed E-state index contributed by atoms with van der Waals surface area (Å²) in [6.45, 7) is 4.70. The number of ketones is 1. The summed E-state index contributed by atoms with van der Waals surface area (Å²) < 4.78 is 5.17. The molecular weight excluding hydrogens is 340 g/mol. The lowest BCUT2D eigenvalue weighted by atomic mass is 10.1. The van der Waals surface area contributed by atoms with Crippen molar-refractivity contribution >= 4 is 23.2 Å². The van der Waals surface area contributed by atoms with E-state index in [-0.39, 0.29) is 12.4 Å². The number of ether oxygens (including phenoxy) is 1. The predicted octanol–water partition coefficient (Wildman–Crippen LogP) is 4.26. The van der Waals surface area contributed by atoms with Crippen LogP contribution in [0.15, 0.2) is 53.6 Å². The van der Waals surface area contributed by atoms with Gasteiger partial charge in [0, 0.05) is 24.2 Å². The number of hydrogen-bond acceptors (Lipinski definition) is 5. The highest BCUT2D eigenvalue weighted by molar-refractivity contribution is 5.99. The molecule has 3 rings (SSSR count). The summed E-state index contributed by atoms with van der Waals surface area (Å²) in [5.41, 5.74) is 4.21. The molecule has 5 heteroatoms. The van der Waals surface area contributed by atoms with Crippen LogP contribution in [-0.2, 0) is 11.2 Å². The summed E-state index contributed by atoms with van der Waals surface area (Å²) in [4.78, 5) is 24.4. The highest BCUT2D eigenvalue weighted by Gasteiger charge is 2.15. The van der Waals surface area contributed by atoms with Gasteiger partial charge in [0.2, 0.25) is 0 Å². The van der Waals surface area contributed by atoms with Crippen molar-refractivity contribution in [2.24, 2.45) is 5.10 Å². The Kier molecular flexibility index (Phi) is 6.01. The van der Waals surface area contributed by atoms with Crippen LogP contribution in [0.25, 0.3) is 0 Å². The quantitative estimate of drug-likeness (QED) is 0.544. The third-order valence-corrected chi connectivity index (χ3v) is 4.53. The molecule has 0 amide bonds. The van der Waals surface area contributed by atoms with Gasteiger partial charge in [-0.05, 0) is 43.2 Å². The molecule has 1 heterocycles. The molecule has 27 heavy (non-hydrogen) atoms. The number of esters is 1. The summed E-state index contributed by atoms with van der Waals surface area (Å²) in [6, 6.07) is 14.5. The molecule has 0 aromatic heterocycles. The summed E-state index contributed by atoms with van der Waals surface area (Å²) >= 11 is 0. The third-order valence-electron chi connectivity index (χ3n) is 4.53. The number of benzene rings is 2. The molecule has 0 saturated carbocycles. The maximum absolute atomic E-state index is 12.2. The van der Waals surface area contributed by atoms with Crippen LogP contribution in [0.5, 0.6) is 0 Å². The molecular formula is C22H24N2O3. The number of carbonyl (C=O) groups excluding carboxylic acids is 2. The zero-order valence-electron chi connectivity index (χ0n) is 15.8. The van der Waals surface area contributed by atoms with Crippen molar-refractivity contribution in [2.75, 3.05) is 18.2 Å². The van der Waals surface area contributed by atoms with Crippen molar-refractivity contribution in [1.82, 2.24) is 0 Å². The van der Waals surface area contributed by atoms with E-state index in [9.17, 15) is 9.59 Å². The number of anilines is 1. The molecule has 5 nitrogen and oxygen atoms in total. The minimum absolute atomic E-state index is 0.204. The molecule has 0 radical (unpaired) electrons. The van der Waals surface area contributed by atoms with Gasteiger partial charge in [-0.2, -0.15) is 5.10 Å². The normalized spacial score (nSPS) is 13.4. The van der Waals surface area contributed by atoms with Gasteiger partial charge in [-0.15, -0.1) is 0 Å². The van der Waals surface area contributed by atoms with Gasteiger partial charge in [-0.3, -0.25) is 9.80 Å². The van der Waals surface area contributed by atoms with E-state index in [1.165, 1.54) is 5.56 Å². The number of rotatable bonds is 7. The van der Waals surface area contributed by atoms with E-state index in [4.69, 9.17) is 4.74 Å². The Labute approximate surface area is 159 Å². The molecule has 0 bridgehead atoms. The molecule has 2 aromatic rings. The predicted molar refractivity (Wildman–Crippen MR) is 107 cm³/mol. The second-order valence-electron chi connectivity index (χ2n) is 6.70. The van der Waals surface area contributed by atoms with Gasteiger partial charge in [-0.1, -0.05) is 37.6 Å². The van der Waals surface area contributed by atoms with Crippen LogP contribution >= 0.6 is 0 Å². The minimum Gasteiger partial charge on any atom is -0.454 e. The molecule has 140 valence electrons. The zero-order valence-corrected chi connectivity index (χ0v) is 15.8. The molecule has 2 aromatic carbocycles.